The summed E-state index contributed by atoms with van der Waals surface area (Å²) in [5.41, 5.74) is 1.01. The molecule has 0 unspecified atom stereocenters. The normalized spacial score (nSPS) is 23.3. The van der Waals surface area contributed by atoms with Gasteiger partial charge in [-0.3, -0.25) is 9.59 Å². The lowest BCUT2D eigenvalue weighted by Gasteiger charge is -2.28. The minimum absolute atomic E-state index is 0.123. The van der Waals surface area contributed by atoms with Gasteiger partial charge in [0, 0.05) is 4.47 Å². The van der Waals surface area contributed by atoms with Crippen LogP contribution < -0.4 is 5.32 Å². The number of carbonyl (C=O) groups is 2. The second-order valence-electron chi connectivity index (χ2n) is 5.62. The fourth-order valence-electron chi connectivity index (χ4n) is 2.90. The Hall–Kier alpha value is -1.36. The molecule has 0 aliphatic heterocycles. The Labute approximate surface area is 133 Å². The van der Waals surface area contributed by atoms with Crippen LogP contribution in [0.25, 0.3) is 0 Å². The van der Waals surface area contributed by atoms with E-state index in [1.807, 2.05) is 31.2 Å². The Bertz CT molecular complexity index is 515. The van der Waals surface area contributed by atoms with Crippen molar-refractivity contribution in [2.45, 2.75) is 38.6 Å². The lowest BCUT2D eigenvalue weighted by Crippen LogP contribution is -2.40. The Balaban J connectivity index is 2.02. The number of carboxylic acids is 1. The van der Waals surface area contributed by atoms with Crippen LogP contribution in [0.3, 0.4) is 0 Å². The van der Waals surface area contributed by atoms with Gasteiger partial charge in [-0.1, -0.05) is 40.9 Å². The van der Waals surface area contributed by atoms with Crippen LogP contribution in [0.2, 0.25) is 0 Å². The molecule has 5 heteroatoms. The van der Waals surface area contributed by atoms with Crippen LogP contribution >= 0.6 is 15.9 Å². The molecule has 1 amide bonds. The molecule has 2 N–H and O–H groups in total. The number of halogens is 1. The summed E-state index contributed by atoms with van der Waals surface area (Å²) in [4.78, 5) is 23.7. The first-order valence-corrected chi connectivity index (χ1v) is 8.07. The van der Waals surface area contributed by atoms with Crippen molar-refractivity contribution in [2.75, 3.05) is 0 Å². The van der Waals surface area contributed by atoms with Crippen LogP contribution in [0.1, 0.15) is 44.2 Å². The molecule has 0 heterocycles. The van der Waals surface area contributed by atoms with E-state index in [2.05, 4.69) is 21.2 Å². The Morgan fingerprint density at radius 1 is 1.19 bits per heavy atom. The zero-order chi connectivity index (χ0) is 15.4. The summed E-state index contributed by atoms with van der Waals surface area (Å²) in [6.07, 6.45) is 3.08. The number of aliphatic carboxylic acids is 1. The van der Waals surface area contributed by atoms with E-state index < -0.39 is 17.8 Å². The molecule has 0 spiro atoms. The highest BCUT2D eigenvalue weighted by Gasteiger charge is 2.36. The predicted octanol–water partition coefficient (Wildman–Crippen LogP) is 3.52. The first kappa shape index (κ1) is 16.0. The van der Waals surface area contributed by atoms with Crippen LogP contribution in [0.15, 0.2) is 28.7 Å². The number of amides is 1. The van der Waals surface area contributed by atoms with Gasteiger partial charge in [-0.2, -0.15) is 0 Å². The minimum atomic E-state index is -0.855. The van der Waals surface area contributed by atoms with Crippen LogP contribution in [0, 0.1) is 11.8 Å². The van der Waals surface area contributed by atoms with Gasteiger partial charge in [-0.15, -0.1) is 0 Å². The molecule has 1 aliphatic rings. The van der Waals surface area contributed by atoms with Crippen molar-refractivity contribution in [3.8, 4) is 0 Å². The highest BCUT2D eigenvalue weighted by Crippen LogP contribution is 2.31. The number of nitrogens with one attached hydrogen (secondary N) is 1. The molecule has 1 aromatic carbocycles. The van der Waals surface area contributed by atoms with Crippen molar-refractivity contribution in [1.29, 1.82) is 0 Å². The van der Waals surface area contributed by atoms with Gasteiger partial charge >= 0.3 is 5.97 Å². The Morgan fingerprint density at radius 3 is 2.33 bits per heavy atom. The zero-order valence-electron chi connectivity index (χ0n) is 12.0. The molecular formula is C16H20BrNO3. The second-order valence-corrected chi connectivity index (χ2v) is 6.53. The Morgan fingerprint density at radius 2 is 1.76 bits per heavy atom. The minimum Gasteiger partial charge on any atom is -0.481 e. The summed E-state index contributed by atoms with van der Waals surface area (Å²) in [7, 11) is 0. The third-order valence-electron chi connectivity index (χ3n) is 4.15. The molecule has 0 bridgehead atoms. The van der Waals surface area contributed by atoms with Crippen molar-refractivity contribution in [3.05, 3.63) is 34.3 Å². The van der Waals surface area contributed by atoms with Gasteiger partial charge in [-0.05, 0) is 37.5 Å². The summed E-state index contributed by atoms with van der Waals surface area (Å²) < 4.78 is 0.989. The lowest BCUT2D eigenvalue weighted by molar-refractivity contribution is -0.149. The maximum absolute atomic E-state index is 12.4. The van der Waals surface area contributed by atoms with E-state index in [0.29, 0.717) is 12.8 Å². The van der Waals surface area contributed by atoms with Crippen molar-refractivity contribution >= 4 is 27.8 Å². The van der Waals surface area contributed by atoms with Gasteiger partial charge in [-0.25, -0.2) is 0 Å². The van der Waals surface area contributed by atoms with E-state index in [-0.39, 0.29) is 11.9 Å². The van der Waals surface area contributed by atoms with E-state index in [1.54, 1.807) is 0 Å². The summed E-state index contributed by atoms with van der Waals surface area (Å²) >= 11 is 3.38. The van der Waals surface area contributed by atoms with Gasteiger partial charge in [0.1, 0.15) is 0 Å². The maximum Gasteiger partial charge on any atom is 0.307 e. The van der Waals surface area contributed by atoms with Gasteiger partial charge in [0.25, 0.3) is 0 Å². The standard InChI is InChI=1S/C16H20BrNO3/c1-10(11-6-8-12(17)9-7-11)18-15(19)13-4-2-3-5-14(13)16(20)21/h6-10,13-14H,2-5H2,1H3,(H,18,19)(H,20,21)/t10-,13-,14+/m1/s1. The third kappa shape index (κ3) is 4.06. The smallest absolute Gasteiger partial charge is 0.307 e. The van der Waals surface area contributed by atoms with Gasteiger partial charge in [0.15, 0.2) is 0 Å². The number of hydrogen-bond acceptors (Lipinski definition) is 2. The average molecular weight is 354 g/mol. The summed E-state index contributed by atoms with van der Waals surface area (Å²) in [6, 6.07) is 7.63. The Kier molecular flexibility index (Phi) is 5.39. The molecule has 21 heavy (non-hydrogen) atoms. The number of rotatable bonds is 4. The van der Waals surface area contributed by atoms with Crippen molar-refractivity contribution in [2.24, 2.45) is 11.8 Å². The van der Waals surface area contributed by atoms with E-state index in [4.69, 9.17) is 0 Å². The zero-order valence-corrected chi connectivity index (χ0v) is 13.6. The monoisotopic (exact) mass is 353 g/mol. The molecule has 1 aliphatic carbocycles. The number of carbonyl (C=O) groups excluding carboxylic acids is 1. The van der Waals surface area contributed by atoms with E-state index in [1.165, 1.54) is 0 Å². The molecule has 2 rings (SSSR count). The molecule has 4 nitrogen and oxygen atoms in total. The topological polar surface area (TPSA) is 66.4 Å². The fourth-order valence-corrected chi connectivity index (χ4v) is 3.16. The predicted molar refractivity (Wildman–Crippen MR) is 83.8 cm³/mol. The highest BCUT2D eigenvalue weighted by molar-refractivity contribution is 9.10. The second kappa shape index (κ2) is 7.07. The maximum atomic E-state index is 12.4. The average Bonchev–Trinajstić information content (AvgIpc) is 2.47. The molecule has 114 valence electrons. The fraction of sp³-hybridized carbons (Fsp3) is 0.500. The van der Waals surface area contributed by atoms with Crippen LogP contribution in [0.4, 0.5) is 0 Å². The number of carboxylic acid groups (broad SMARTS) is 1. The lowest BCUT2D eigenvalue weighted by atomic mass is 9.78. The first-order valence-electron chi connectivity index (χ1n) is 7.27. The highest BCUT2D eigenvalue weighted by atomic mass is 79.9. The summed E-state index contributed by atoms with van der Waals surface area (Å²) in [5, 5.41) is 12.2. The third-order valence-corrected chi connectivity index (χ3v) is 4.68. The molecule has 3 atom stereocenters. The summed E-state index contributed by atoms with van der Waals surface area (Å²) in [5.74, 6) is -1.95. The van der Waals surface area contributed by atoms with Gasteiger partial charge < -0.3 is 10.4 Å². The molecule has 0 aromatic heterocycles. The summed E-state index contributed by atoms with van der Waals surface area (Å²) in [6.45, 7) is 1.92. The quantitative estimate of drug-likeness (QED) is 0.870. The van der Waals surface area contributed by atoms with E-state index in [9.17, 15) is 14.7 Å². The van der Waals surface area contributed by atoms with E-state index >= 15 is 0 Å². The SMILES string of the molecule is C[C@@H](NC(=O)[C@@H]1CCCC[C@@H]1C(=O)O)c1ccc(Br)cc1. The van der Waals surface area contributed by atoms with Gasteiger partial charge in [0.2, 0.25) is 5.91 Å². The number of benzene rings is 1. The molecule has 1 saturated carbocycles. The first-order chi connectivity index (χ1) is 9.99. The van der Waals surface area contributed by atoms with Crippen molar-refractivity contribution in [3.63, 3.8) is 0 Å². The number of hydrogen-bond donors (Lipinski definition) is 2. The van der Waals surface area contributed by atoms with Crippen molar-refractivity contribution < 1.29 is 14.7 Å². The van der Waals surface area contributed by atoms with Gasteiger partial charge in [0.05, 0.1) is 17.9 Å². The van der Waals surface area contributed by atoms with E-state index in [0.717, 1.165) is 22.9 Å². The molecule has 1 fully saturated rings. The molecule has 0 radical (unpaired) electrons. The van der Waals surface area contributed by atoms with Crippen molar-refractivity contribution in [1.82, 2.24) is 5.32 Å². The molecule has 0 saturated heterocycles. The molecular weight excluding hydrogens is 334 g/mol. The van der Waals surface area contributed by atoms with Crippen LogP contribution in [-0.4, -0.2) is 17.0 Å². The van der Waals surface area contributed by atoms with Crippen LogP contribution in [0.5, 0.6) is 0 Å². The molecule has 1 aromatic rings. The largest absolute Gasteiger partial charge is 0.481 e. The van der Waals surface area contributed by atoms with Crippen LogP contribution in [-0.2, 0) is 9.59 Å².